The molecule has 0 spiro atoms. The fourth-order valence-corrected chi connectivity index (χ4v) is 2.53. The van der Waals surface area contributed by atoms with Crippen LogP contribution in [0, 0.1) is 6.92 Å². The first-order valence-electron chi connectivity index (χ1n) is 5.26. The van der Waals surface area contributed by atoms with Crippen LogP contribution in [0.15, 0.2) is 6.20 Å². The molecule has 0 aliphatic carbocycles. The van der Waals surface area contributed by atoms with Crippen molar-refractivity contribution in [1.82, 2.24) is 4.98 Å². The number of ether oxygens (including phenoxy) is 1. The zero-order valence-corrected chi connectivity index (χ0v) is 11.9. The predicted molar refractivity (Wildman–Crippen MR) is 73.8 cm³/mol. The van der Waals surface area contributed by atoms with Crippen LogP contribution in [-0.2, 0) is 10.6 Å². The first kappa shape index (κ1) is 14.8. The topological polar surface area (TPSA) is 25.4 Å². The van der Waals surface area contributed by atoms with Crippen LogP contribution in [0.4, 0.5) is 5.69 Å². The van der Waals surface area contributed by atoms with E-state index in [4.69, 9.17) is 27.9 Å². The molecule has 0 aromatic carbocycles. The number of rotatable bonds is 2. The molecule has 0 amide bonds. The van der Waals surface area contributed by atoms with Gasteiger partial charge in [0.05, 0.1) is 35.5 Å². The Kier molecular flexibility index (Phi) is 5.80. The monoisotopic (exact) mass is 296 g/mol. The lowest BCUT2D eigenvalue weighted by atomic mass is 10.2. The normalized spacial score (nSPS) is 15.6. The molecule has 0 N–H and O–H groups in total. The Bertz CT molecular complexity index is 381. The van der Waals surface area contributed by atoms with Crippen LogP contribution < -0.4 is 4.90 Å². The van der Waals surface area contributed by atoms with Gasteiger partial charge >= 0.3 is 0 Å². The van der Waals surface area contributed by atoms with E-state index in [-0.39, 0.29) is 12.4 Å². The third-order valence-corrected chi connectivity index (χ3v) is 3.35. The molecule has 0 radical (unpaired) electrons. The average Bonchev–Trinajstić information content (AvgIpc) is 2.31. The highest BCUT2D eigenvalue weighted by Gasteiger charge is 2.18. The molecule has 0 unspecified atom stereocenters. The van der Waals surface area contributed by atoms with Gasteiger partial charge in [-0.3, -0.25) is 4.98 Å². The van der Waals surface area contributed by atoms with Crippen LogP contribution >= 0.6 is 35.6 Å². The fraction of sp³-hybridized carbons (Fsp3) is 0.545. The lowest BCUT2D eigenvalue weighted by molar-refractivity contribution is 0.122. The molecule has 0 atom stereocenters. The highest BCUT2D eigenvalue weighted by Crippen LogP contribution is 2.32. The molecule has 1 aromatic rings. The first-order chi connectivity index (χ1) is 7.74. The number of pyridine rings is 1. The van der Waals surface area contributed by atoms with Crippen molar-refractivity contribution in [2.24, 2.45) is 0 Å². The van der Waals surface area contributed by atoms with Crippen molar-refractivity contribution in [3.05, 3.63) is 22.5 Å². The molecule has 6 heteroatoms. The van der Waals surface area contributed by atoms with Crippen LogP contribution in [0.3, 0.4) is 0 Å². The number of hydrogen-bond acceptors (Lipinski definition) is 3. The summed E-state index contributed by atoms with van der Waals surface area (Å²) >= 11 is 12.1. The zero-order valence-electron chi connectivity index (χ0n) is 9.58. The third kappa shape index (κ3) is 3.16. The predicted octanol–water partition coefficient (Wildman–Crippen LogP) is 3.04. The van der Waals surface area contributed by atoms with Gasteiger partial charge in [0.2, 0.25) is 0 Å². The maximum absolute atomic E-state index is 6.32. The smallest absolute Gasteiger partial charge is 0.0869 e. The van der Waals surface area contributed by atoms with E-state index >= 15 is 0 Å². The number of anilines is 1. The van der Waals surface area contributed by atoms with E-state index in [0.717, 1.165) is 43.2 Å². The van der Waals surface area contributed by atoms with Crippen LogP contribution in [0.1, 0.15) is 11.3 Å². The Morgan fingerprint density at radius 3 is 2.65 bits per heavy atom. The Morgan fingerprint density at radius 1 is 1.41 bits per heavy atom. The molecule has 1 aliphatic rings. The largest absolute Gasteiger partial charge is 0.378 e. The summed E-state index contributed by atoms with van der Waals surface area (Å²) in [5, 5.41) is 0.678. The number of aryl methyl sites for hydroxylation is 1. The molecule has 1 saturated heterocycles. The van der Waals surface area contributed by atoms with Crippen molar-refractivity contribution in [3.63, 3.8) is 0 Å². The van der Waals surface area contributed by atoms with Crippen LogP contribution in [-0.4, -0.2) is 31.3 Å². The fourth-order valence-electron chi connectivity index (χ4n) is 1.87. The Hall–Kier alpha value is -0.220. The summed E-state index contributed by atoms with van der Waals surface area (Å²) in [6, 6.07) is 0. The summed E-state index contributed by atoms with van der Waals surface area (Å²) in [5.74, 6) is 0.344. The molecule has 2 heterocycles. The van der Waals surface area contributed by atoms with Crippen LogP contribution in [0.5, 0.6) is 0 Å². The van der Waals surface area contributed by atoms with Gasteiger partial charge in [0.15, 0.2) is 0 Å². The van der Waals surface area contributed by atoms with E-state index in [1.807, 2.05) is 13.1 Å². The lowest BCUT2D eigenvalue weighted by Crippen LogP contribution is -2.37. The maximum atomic E-state index is 6.32. The van der Waals surface area contributed by atoms with Gasteiger partial charge in [0, 0.05) is 19.3 Å². The minimum atomic E-state index is 0. The second-order valence-electron chi connectivity index (χ2n) is 3.78. The summed E-state index contributed by atoms with van der Waals surface area (Å²) in [4.78, 5) is 6.47. The van der Waals surface area contributed by atoms with Gasteiger partial charge in [0.25, 0.3) is 0 Å². The van der Waals surface area contributed by atoms with Crippen LogP contribution in [0.25, 0.3) is 0 Å². The summed E-state index contributed by atoms with van der Waals surface area (Å²) in [5.41, 5.74) is 2.88. The van der Waals surface area contributed by atoms with E-state index in [9.17, 15) is 0 Å². The molecule has 1 aliphatic heterocycles. The van der Waals surface area contributed by atoms with Crippen LogP contribution in [0.2, 0.25) is 5.02 Å². The molecule has 3 nitrogen and oxygen atoms in total. The van der Waals surface area contributed by atoms with Crippen molar-refractivity contribution < 1.29 is 4.74 Å². The summed E-state index contributed by atoms with van der Waals surface area (Å²) in [6.45, 7) is 5.24. The molecular formula is C11H15Cl3N2O. The lowest BCUT2D eigenvalue weighted by Gasteiger charge is -2.31. The number of hydrogen-bond donors (Lipinski definition) is 0. The van der Waals surface area contributed by atoms with E-state index in [0.29, 0.717) is 10.9 Å². The Morgan fingerprint density at radius 2 is 2.06 bits per heavy atom. The Balaban J connectivity index is 0.00000144. The van der Waals surface area contributed by atoms with E-state index < -0.39 is 0 Å². The van der Waals surface area contributed by atoms with Crippen molar-refractivity contribution in [2.75, 3.05) is 31.2 Å². The van der Waals surface area contributed by atoms with Gasteiger partial charge in [-0.05, 0) is 12.5 Å². The SMILES string of the molecule is Cc1cnc(CCl)c(Cl)c1N1CCOCC1.Cl. The summed E-state index contributed by atoms with van der Waals surface area (Å²) in [6.07, 6.45) is 1.83. The molecule has 96 valence electrons. The molecule has 1 aromatic heterocycles. The van der Waals surface area contributed by atoms with Crippen molar-refractivity contribution in [1.29, 1.82) is 0 Å². The third-order valence-electron chi connectivity index (χ3n) is 2.70. The van der Waals surface area contributed by atoms with Gasteiger partial charge < -0.3 is 9.64 Å². The van der Waals surface area contributed by atoms with Crippen molar-refractivity contribution in [3.8, 4) is 0 Å². The molecule has 0 bridgehead atoms. The number of morpholine rings is 1. The first-order valence-corrected chi connectivity index (χ1v) is 6.18. The summed E-state index contributed by atoms with van der Waals surface area (Å²) < 4.78 is 5.33. The molecule has 1 fully saturated rings. The van der Waals surface area contributed by atoms with E-state index in [2.05, 4.69) is 9.88 Å². The van der Waals surface area contributed by atoms with E-state index in [1.54, 1.807) is 0 Å². The van der Waals surface area contributed by atoms with Gasteiger partial charge in [-0.2, -0.15) is 0 Å². The van der Waals surface area contributed by atoms with Crippen molar-refractivity contribution >= 4 is 41.3 Å². The van der Waals surface area contributed by atoms with Gasteiger partial charge in [0.1, 0.15) is 0 Å². The molecule has 0 saturated carbocycles. The van der Waals surface area contributed by atoms with Gasteiger partial charge in [-0.15, -0.1) is 24.0 Å². The second-order valence-corrected chi connectivity index (χ2v) is 4.43. The number of nitrogens with zero attached hydrogens (tertiary/aromatic N) is 2. The number of halogens is 3. The number of alkyl halides is 1. The Labute approximate surface area is 117 Å². The molecule has 17 heavy (non-hydrogen) atoms. The second kappa shape index (κ2) is 6.64. The minimum absolute atomic E-state index is 0. The molecule has 2 rings (SSSR count). The summed E-state index contributed by atoms with van der Waals surface area (Å²) in [7, 11) is 0. The average molecular weight is 298 g/mol. The van der Waals surface area contributed by atoms with Crippen molar-refractivity contribution in [2.45, 2.75) is 12.8 Å². The highest BCUT2D eigenvalue weighted by molar-refractivity contribution is 6.34. The quantitative estimate of drug-likeness (QED) is 0.785. The zero-order chi connectivity index (χ0) is 11.5. The molecular weight excluding hydrogens is 282 g/mol. The highest BCUT2D eigenvalue weighted by atomic mass is 35.5. The minimum Gasteiger partial charge on any atom is -0.378 e. The van der Waals surface area contributed by atoms with Gasteiger partial charge in [-0.1, -0.05) is 11.6 Å². The van der Waals surface area contributed by atoms with Gasteiger partial charge in [-0.25, -0.2) is 0 Å². The number of aromatic nitrogens is 1. The maximum Gasteiger partial charge on any atom is 0.0869 e. The van der Waals surface area contributed by atoms with E-state index in [1.165, 1.54) is 0 Å². The standard InChI is InChI=1S/C11H14Cl2N2O.ClH/c1-8-7-14-9(6-12)10(13)11(8)15-2-4-16-5-3-15;/h7H,2-6H2,1H3;1H.